The van der Waals surface area contributed by atoms with Gasteiger partial charge in [0.1, 0.15) is 0 Å². The summed E-state index contributed by atoms with van der Waals surface area (Å²) in [6.07, 6.45) is 7.00. The van der Waals surface area contributed by atoms with Crippen molar-refractivity contribution in [2.24, 2.45) is 0 Å². The van der Waals surface area contributed by atoms with Crippen LogP contribution in [0.4, 0.5) is 0 Å². The summed E-state index contributed by atoms with van der Waals surface area (Å²) >= 11 is 0. The van der Waals surface area contributed by atoms with E-state index < -0.39 is 0 Å². The van der Waals surface area contributed by atoms with E-state index in [0.717, 1.165) is 0 Å². The summed E-state index contributed by atoms with van der Waals surface area (Å²) in [7, 11) is 0. The molecule has 0 bridgehead atoms. The van der Waals surface area contributed by atoms with E-state index in [0.29, 0.717) is 0 Å². The minimum absolute atomic E-state index is 0. The molecular formula is C4H6Y-2. The second-order valence-corrected chi connectivity index (χ2v) is 1.05. The van der Waals surface area contributed by atoms with Gasteiger partial charge in [-0.25, -0.2) is 0 Å². The van der Waals surface area contributed by atoms with Crippen LogP contribution in [0.2, 0.25) is 0 Å². The van der Waals surface area contributed by atoms with Gasteiger partial charge < -0.3 is 25.7 Å². The summed E-state index contributed by atoms with van der Waals surface area (Å²) in [4.78, 5) is 0. The SMILES string of the molecule is [CH-]1C[CH-]C1.[Y]. The van der Waals surface area contributed by atoms with Crippen LogP contribution in [0.1, 0.15) is 12.8 Å². The monoisotopic (exact) mass is 143 g/mol. The molecule has 0 saturated heterocycles. The van der Waals surface area contributed by atoms with Gasteiger partial charge in [-0.3, -0.25) is 0 Å². The first-order valence-corrected chi connectivity index (χ1v) is 1.63. The summed E-state index contributed by atoms with van der Waals surface area (Å²) in [5.74, 6) is 0. The van der Waals surface area contributed by atoms with E-state index in [2.05, 4.69) is 12.8 Å². The standard InChI is InChI=1S/C4H6.Y/c1-2-4-3-1;/h1,4H,2-3H2;/q-2;. The molecule has 0 aromatic heterocycles. The van der Waals surface area contributed by atoms with Crippen LogP contribution in [-0.2, 0) is 32.7 Å². The third-order valence-electron chi connectivity index (χ3n) is 0.667. The zero-order valence-corrected chi connectivity index (χ0v) is 5.98. The van der Waals surface area contributed by atoms with Gasteiger partial charge in [-0.2, -0.15) is 0 Å². The van der Waals surface area contributed by atoms with Crippen molar-refractivity contribution in [1.82, 2.24) is 0 Å². The Labute approximate surface area is 58.2 Å². The van der Waals surface area contributed by atoms with Gasteiger partial charge in [-0.15, -0.1) is 0 Å². The quantitative estimate of drug-likeness (QED) is 0.446. The molecule has 0 heterocycles. The second-order valence-electron chi connectivity index (χ2n) is 1.05. The molecule has 0 aromatic rings. The van der Waals surface area contributed by atoms with Crippen molar-refractivity contribution < 1.29 is 32.7 Å². The first-order chi connectivity index (χ1) is 2.00. The van der Waals surface area contributed by atoms with E-state index in [1.165, 1.54) is 12.8 Å². The molecule has 0 aromatic carbocycles. The third kappa shape index (κ3) is 1.89. The van der Waals surface area contributed by atoms with Gasteiger partial charge in [-0.05, 0) is 0 Å². The zero-order valence-electron chi connectivity index (χ0n) is 3.15. The maximum atomic E-state index is 2.25. The van der Waals surface area contributed by atoms with Crippen molar-refractivity contribution in [3.63, 3.8) is 0 Å². The van der Waals surface area contributed by atoms with Crippen molar-refractivity contribution >= 4 is 0 Å². The van der Waals surface area contributed by atoms with Crippen LogP contribution in [-0.4, -0.2) is 0 Å². The number of hydrogen-bond donors (Lipinski definition) is 0. The van der Waals surface area contributed by atoms with Gasteiger partial charge in [0, 0.05) is 32.7 Å². The van der Waals surface area contributed by atoms with Crippen LogP contribution < -0.4 is 0 Å². The van der Waals surface area contributed by atoms with Crippen molar-refractivity contribution in [3.8, 4) is 0 Å². The first kappa shape index (κ1) is 6.10. The Morgan fingerprint density at radius 3 is 1.20 bits per heavy atom. The zero-order chi connectivity index (χ0) is 2.83. The normalized spacial score (nSPS) is 19.2. The smallest absolute Gasteiger partial charge is 0 e. The largest absolute Gasteiger partial charge is 0.386 e. The molecule has 0 nitrogen and oxygen atoms in total. The Morgan fingerprint density at radius 1 is 1.00 bits per heavy atom. The maximum Gasteiger partial charge on any atom is 0 e. The van der Waals surface area contributed by atoms with Crippen LogP contribution in [0.15, 0.2) is 0 Å². The molecule has 27 valence electrons. The van der Waals surface area contributed by atoms with Crippen molar-refractivity contribution in [1.29, 1.82) is 0 Å². The van der Waals surface area contributed by atoms with Gasteiger partial charge in [0.05, 0.1) is 0 Å². The fourth-order valence-corrected chi connectivity index (χ4v) is 0.167. The minimum atomic E-state index is 0. The number of rotatable bonds is 0. The Bertz CT molecular complexity index is 11.6. The minimum Gasteiger partial charge on any atom is -0.386 e. The van der Waals surface area contributed by atoms with Gasteiger partial charge in [0.25, 0.3) is 0 Å². The Hall–Kier alpha value is 1.10. The maximum absolute atomic E-state index is 2.25. The fourth-order valence-electron chi connectivity index (χ4n) is 0.167. The van der Waals surface area contributed by atoms with E-state index in [1.54, 1.807) is 0 Å². The predicted molar refractivity (Wildman–Crippen MR) is 17.8 cm³/mol. The molecule has 1 radical (unpaired) electrons. The molecule has 0 aliphatic heterocycles. The van der Waals surface area contributed by atoms with Gasteiger partial charge in [0.2, 0.25) is 0 Å². The topological polar surface area (TPSA) is 0 Å². The molecule has 0 amide bonds. The number of hydrogen-bond acceptors (Lipinski definition) is 0. The van der Waals surface area contributed by atoms with E-state index in [-0.39, 0.29) is 32.7 Å². The summed E-state index contributed by atoms with van der Waals surface area (Å²) in [6, 6.07) is 0. The summed E-state index contributed by atoms with van der Waals surface area (Å²) in [5, 5.41) is 0. The molecule has 1 heteroatoms. The molecule has 0 spiro atoms. The molecule has 1 aliphatic rings. The second kappa shape index (κ2) is 3.30. The average Bonchev–Trinajstić information content (AvgIpc) is 0.722. The average molecular weight is 143 g/mol. The molecule has 0 N–H and O–H groups in total. The van der Waals surface area contributed by atoms with Gasteiger partial charge in [0.15, 0.2) is 0 Å². The summed E-state index contributed by atoms with van der Waals surface area (Å²) in [6.45, 7) is 0. The molecule has 1 aliphatic carbocycles. The van der Waals surface area contributed by atoms with E-state index in [4.69, 9.17) is 0 Å². The molecule has 0 atom stereocenters. The summed E-state index contributed by atoms with van der Waals surface area (Å²) < 4.78 is 0. The molecule has 5 heavy (non-hydrogen) atoms. The fraction of sp³-hybridized carbons (Fsp3) is 0.500. The van der Waals surface area contributed by atoms with Crippen molar-refractivity contribution in [3.05, 3.63) is 12.8 Å². The van der Waals surface area contributed by atoms with E-state index in [1.807, 2.05) is 0 Å². The van der Waals surface area contributed by atoms with Crippen LogP contribution in [0.5, 0.6) is 0 Å². The third-order valence-corrected chi connectivity index (χ3v) is 0.667. The Kier molecular flexibility index (Phi) is 4.03. The van der Waals surface area contributed by atoms with Crippen LogP contribution in [0.3, 0.4) is 0 Å². The van der Waals surface area contributed by atoms with Crippen LogP contribution >= 0.6 is 0 Å². The first-order valence-electron chi connectivity index (χ1n) is 1.63. The molecule has 1 rings (SSSR count). The van der Waals surface area contributed by atoms with Crippen molar-refractivity contribution in [2.75, 3.05) is 0 Å². The van der Waals surface area contributed by atoms with Gasteiger partial charge in [-0.1, -0.05) is 0 Å². The Morgan fingerprint density at radius 2 is 1.20 bits per heavy atom. The van der Waals surface area contributed by atoms with E-state index in [9.17, 15) is 0 Å². The van der Waals surface area contributed by atoms with Crippen molar-refractivity contribution in [2.45, 2.75) is 12.8 Å². The van der Waals surface area contributed by atoms with Crippen LogP contribution in [0.25, 0.3) is 0 Å². The molecule has 0 unspecified atom stereocenters. The van der Waals surface area contributed by atoms with Crippen LogP contribution in [0, 0.1) is 12.8 Å². The molecule has 1 fully saturated rings. The Balaban J connectivity index is 0.000000160. The predicted octanol–water partition coefficient (Wildman–Crippen LogP) is 1.19. The van der Waals surface area contributed by atoms with Gasteiger partial charge >= 0.3 is 0 Å². The molecule has 1 saturated carbocycles. The van der Waals surface area contributed by atoms with E-state index >= 15 is 0 Å². The molecular weight excluding hydrogens is 137 g/mol. The summed E-state index contributed by atoms with van der Waals surface area (Å²) in [5.41, 5.74) is 0.